The summed E-state index contributed by atoms with van der Waals surface area (Å²) in [4.78, 5) is 12.4. The number of ketones is 1. The zero-order valence-corrected chi connectivity index (χ0v) is 11.4. The summed E-state index contributed by atoms with van der Waals surface area (Å²) in [7, 11) is 0. The van der Waals surface area contributed by atoms with Crippen molar-refractivity contribution in [3.8, 4) is 0 Å². The summed E-state index contributed by atoms with van der Waals surface area (Å²) >= 11 is 0. The van der Waals surface area contributed by atoms with Gasteiger partial charge >= 0.3 is 0 Å². The third-order valence-corrected chi connectivity index (χ3v) is 4.16. The molecule has 2 rings (SSSR count). The van der Waals surface area contributed by atoms with Gasteiger partial charge in [0, 0.05) is 11.5 Å². The standard InChI is InChI=1S/C16H23NO/c1-11(2)12-6-8-13(9-7-12)16(18)15-5-3-4-14(15)10-17/h6-9,11,14-15H,3-5,10,17H2,1-2H3. The van der Waals surface area contributed by atoms with E-state index < -0.39 is 0 Å². The zero-order chi connectivity index (χ0) is 13.1. The second kappa shape index (κ2) is 5.66. The molecule has 2 N–H and O–H groups in total. The summed E-state index contributed by atoms with van der Waals surface area (Å²) < 4.78 is 0. The van der Waals surface area contributed by atoms with Crippen molar-refractivity contribution < 1.29 is 4.79 Å². The van der Waals surface area contributed by atoms with E-state index in [2.05, 4.69) is 26.0 Å². The van der Waals surface area contributed by atoms with Gasteiger partial charge in [-0.15, -0.1) is 0 Å². The van der Waals surface area contributed by atoms with Crippen LogP contribution in [-0.4, -0.2) is 12.3 Å². The number of rotatable bonds is 4. The first-order chi connectivity index (χ1) is 8.63. The van der Waals surface area contributed by atoms with Crippen LogP contribution in [-0.2, 0) is 0 Å². The molecule has 0 bridgehead atoms. The lowest BCUT2D eigenvalue weighted by Gasteiger charge is -2.17. The molecule has 0 saturated heterocycles. The highest BCUT2D eigenvalue weighted by molar-refractivity contribution is 5.98. The summed E-state index contributed by atoms with van der Waals surface area (Å²) in [6, 6.07) is 8.10. The van der Waals surface area contributed by atoms with Crippen molar-refractivity contribution in [3.63, 3.8) is 0 Å². The highest BCUT2D eigenvalue weighted by atomic mass is 16.1. The number of hydrogen-bond acceptors (Lipinski definition) is 2. The van der Waals surface area contributed by atoms with Crippen molar-refractivity contribution in [2.24, 2.45) is 17.6 Å². The molecular formula is C16H23NO. The molecule has 2 unspecified atom stereocenters. The van der Waals surface area contributed by atoms with Crippen LogP contribution in [0.3, 0.4) is 0 Å². The van der Waals surface area contributed by atoms with E-state index in [1.165, 1.54) is 5.56 Å². The van der Waals surface area contributed by atoms with Gasteiger partial charge < -0.3 is 5.73 Å². The minimum atomic E-state index is 0.153. The Hall–Kier alpha value is -1.15. The first-order valence-electron chi connectivity index (χ1n) is 6.97. The number of nitrogens with two attached hydrogens (primary N) is 1. The molecule has 1 aliphatic rings. The molecule has 0 heterocycles. The lowest BCUT2D eigenvalue weighted by Crippen LogP contribution is -2.25. The number of carbonyl (C=O) groups excluding carboxylic acids is 1. The molecule has 1 aromatic rings. The predicted octanol–water partition coefficient (Wildman–Crippen LogP) is 3.37. The molecule has 0 amide bonds. The maximum Gasteiger partial charge on any atom is 0.166 e. The summed E-state index contributed by atoms with van der Waals surface area (Å²) in [5.74, 6) is 1.35. The molecule has 0 aliphatic heterocycles. The third kappa shape index (κ3) is 2.64. The van der Waals surface area contributed by atoms with Crippen molar-refractivity contribution >= 4 is 5.78 Å². The Labute approximate surface area is 110 Å². The Bertz CT molecular complexity index is 408. The molecule has 1 aromatic carbocycles. The number of carbonyl (C=O) groups is 1. The highest BCUT2D eigenvalue weighted by Gasteiger charge is 2.32. The van der Waals surface area contributed by atoms with E-state index in [0.717, 1.165) is 24.8 Å². The van der Waals surface area contributed by atoms with Crippen LogP contribution in [0, 0.1) is 11.8 Å². The third-order valence-electron chi connectivity index (χ3n) is 4.16. The molecule has 2 nitrogen and oxygen atoms in total. The Morgan fingerprint density at radius 1 is 1.28 bits per heavy atom. The van der Waals surface area contributed by atoms with Crippen LogP contribution in [0.2, 0.25) is 0 Å². The van der Waals surface area contributed by atoms with E-state index in [-0.39, 0.29) is 5.92 Å². The smallest absolute Gasteiger partial charge is 0.166 e. The van der Waals surface area contributed by atoms with Gasteiger partial charge in [0.2, 0.25) is 0 Å². The molecule has 0 radical (unpaired) electrons. The average Bonchev–Trinajstić information content (AvgIpc) is 2.86. The Morgan fingerprint density at radius 3 is 2.50 bits per heavy atom. The van der Waals surface area contributed by atoms with E-state index in [9.17, 15) is 4.79 Å². The molecule has 1 aliphatic carbocycles. The van der Waals surface area contributed by atoms with Crippen molar-refractivity contribution in [3.05, 3.63) is 35.4 Å². The van der Waals surface area contributed by atoms with Crippen LogP contribution in [0.5, 0.6) is 0 Å². The van der Waals surface area contributed by atoms with Gasteiger partial charge in [-0.05, 0) is 36.8 Å². The molecule has 0 spiro atoms. The van der Waals surface area contributed by atoms with Gasteiger partial charge in [-0.2, -0.15) is 0 Å². The van der Waals surface area contributed by atoms with E-state index in [0.29, 0.717) is 24.2 Å². The molecule has 0 aromatic heterocycles. The maximum atomic E-state index is 12.4. The van der Waals surface area contributed by atoms with E-state index in [4.69, 9.17) is 5.73 Å². The predicted molar refractivity (Wildman–Crippen MR) is 74.7 cm³/mol. The molecule has 18 heavy (non-hydrogen) atoms. The number of benzene rings is 1. The minimum absolute atomic E-state index is 0.153. The van der Waals surface area contributed by atoms with Crippen LogP contribution >= 0.6 is 0 Å². The van der Waals surface area contributed by atoms with Gasteiger partial charge in [0.25, 0.3) is 0 Å². The molecule has 1 saturated carbocycles. The average molecular weight is 245 g/mol. The van der Waals surface area contributed by atoms with Crippen LogP contribution < -0.4 is 5.73 Å². The first kappa shape index (κ1) is 13.3. The van der Waals surface area contributed by atoms with Gasteiger partial charge in [0.05, 0.1) is 0 Å². The lowest BCUT2D eigenvalue weighted by atomic mass is 9.88. The second-order valence-electron chi connectivity index (χ2n) is 5.67. The summed E-state index contributed by atoms with van der Waals surface area (Å²) in [5.41, 5.74) is 7.89. The van der Waals surface area contributed by atoms with Gasteiger partial charge in [-0.25, -0.2) is 0 Å². The van der Waals surface area contributed by atoms with Gasteiger partial charge in [0.15, 0.2) is 5.78 Å². The number of hydrogen-bond donors (Lipinski definition) is 1. The normalized spacial score (nSPS) is 23.6. The Balaban J connectivity index is 2.13. The first-order valence-corrected chi connectivity index (χ1v) is 6.97. The van der Waals surface area contributed by atoms with Crippen molar-refractivity contribution in [2.45, 2.75) is 39.0 Å². The van der Waals surface area contributed by atoms with E-state index in [1.54, 1.807) is 0 Å². The monoisotopic (exact) mass is 245 g/mol. The fourth-order valence-corrected chi connectivity index (χ4v) is 2.91. The summed E-state index contributed by atoms with van der Waals surface area (Å²) in [5, 5.41) is 0. The summed E-state index contributed by atoms with van der Waals surface area (Å²) in [6.07, 6.45) is 3.26. The maximum absolute atomic E-state index is 12.4. The molecular weight excluding hydrogens is 222 g/mol. The molecule has 2 atom stereocenters. The molecule has 2 heteroatoms. The van der Waals surface area contributed by atoms with Crippen LogP contribution in [0.25, 0.3) is 0 Å². The quantitative estimate of drug-likeness (QED) is 0.826. The fraction of sp³-hybridized carbons (Fsp3) is 0.562. The highest BCUT2D eigenvalue weighted by Crippen LogP contribution is 2.33. The summed E-state index contributed by atoms with van der Waals surface area (Å²) in [6.45, 7) is 4.97. The van der Waals surface area contributed by atoms with Gasteiger partial charge in [-0.1, -0.05) is 44.5 Å². The van der Waals surface area contributed by atoms with Crippen molar-refractivity contribution in [1.29, 1.82) is 0 Å². The fourth-order valence-electron chi connectivity index (χ4n) is 2.91. The van der Waals surface area contributed by atoms with Crippen LogP contribution in [0.1, 0.15) is 54.9 Å². The minimum Gasteiger partial charge on any atom is -0.330 e. The molecule has 98 valence electrons. The largest absolute Gasteiger partial charge is 0.330 e. The zero-order valence-electron chi connectivity index (χ0n) is 11.4. The lowest BCUT2D eigenvalue weighted by molar-refractivity contribution is 0.0893. The second-order valence-corrected chi connectivity index (χ2v) is 5.67. The van der Waals surface area contributed by atoms with E-state index >= 15 is 0 Å². The van der Waals surface area contributed by atoms with Gasteiger partial charge in [0.1, 0.15) is 0 Å². The Morgan fingerprint density at radius 2 is 1.94 bits per heavy atom. The van der Waals surface area contributed by atoms with Crippen molar-refractivity contribution in [2.75, 3.05) is 6.54 Å². The topological polar surface area (TPSA) is 43.1 Å². The van der Waals surface area contributed by atoms with Crippen LogP contribution in [0.4, 0.5) is 0 Å². The Kier molecular flexibility index (Phi) is 4.18. The number of Topliss-reactive ketones (excluding diaryl/α,β-unsaturated/α-hetero) is 1. The van der Waals surface area contributed by atoms with E-state index in [1.807, 2.05) is 12.1 Å². The van der Waals surface area contributed by atoms with Crippen LogP contribution in [0.15, 0.2) is 24.3 Å². The van der Waals surface area contributed by atoms with Gasteiger partial charge in [-0.3, -0.25) is 4.79 Å². The molecule has 1 fully saturated rings. The SMILES string of the molecule is CC(C)c1ccc(C(=O)C2CCCC2CN)cc1. The van der Waals surface area contributed by atoms with Crippen molar-refractivity contribution in [1.82, 2.24) is 0 Å².